The summed E-state index contributed by atoms with van der Waals surface area (Å²) in [4.78, 5) is 2.41. The molecule has 1 heterocycles. The molecule has 1 saturated heterocycles. The van der Waals surface area contributed by atoms with Crippen molar-refractivity contribution in [3.63, 3.8) is 0 Å². The Kier molecular flexibility index (Phi) is 3.55. The minimum Gasteiger partial charge on any atom is -0.389 e. The topological polar surface area (TPSA) is 23.5 Å². The van der Waals surface area contributed by atoms with Gasteiger partial charge in [0.15, 0.2) is 0 Å². The first kappa shape index (κ1) is 12.6. The van der Waals surface area contributed by atoms with E-state index in [-0.39, 0.29) is 0 Å². The first-order chi connectivity index (χ1) is 7.96. The van der Waals surface area contributed by atoms with Crippen LogP contribution in [0.5, 0.6) is 0 Å². The molecular formula is C15H23NO. The standard InChI is InChI=1S/C15H23NO/c1-12-6-4-7-13(10-12)14-8-5-9-16(14)11-15(2,3)17/h4,6-7,10,14,17H,5,8-9,11H2,1-3H3. The quantitative estimate of drug-likeness (QED) is 0.867. The second kappa shape index (κ2) is 4.79. The second-order valence-corrected chi connectivity index (χ2v) is 5.86. The van der Waals surface area contributed by atoms with Crippen molar-refractivity contribution >= 4 is 0 Å². The highest BCUT2D eigenvalue weighted by Crippen LogP contribution is 2.33. The maximum Gasteiger partial charge on any atom is 0.0718 e. The first-order valence-corrected chi connectivity index (χ1v) is 6.49. The van der Waals surface area contributed by atoms with E-state index in [2.05, 4.69) is 36.1 Å². The monoisotopic (exact) mass is 233 g/mol. The number of benzene rings is 1. The molecule has 0 aromatic heterocycles. The number of rotatable bonds is 3. The molecule has 0 bridgehead atoms. The van der Waals surface area contributed by atoms with Crippen LogP contribution >= 0.6 is 0 Å². The van der Waals surface area contributed by atoms with Crippen molar-refractivity contribution in [1.82, 2.24) is 4.90 Å². The zero-order valence-corrected chi connectivity index (χ0v) is 11.1. The van der Waals surface area contributed by atoms with Crippen molar-refractivity contribution in [3.05, 3.63) is 35.4 Å². The highest BCUT2D eigenvalue weighted by atomic mass is 16.3. The Morgan fingerprint density at radius 3 is 2.82 bits per heavy atom. The van der Waals surface area contributed by atoms with E-state index in [0.29, 0.717) is 6.04 Å². The summed E-state index contributed by atoms with van der Waals surface area (Å²) in [5.74, 6) is 0. The molecule has 17 heavy (non-hydrogen) atoms. The number of hydrogen-bond donors (Lipinski definition) is 1. The molecule has 1 aliphatic heterocycles. The SMILES string of the molecule is Cc1cccc(C2CCCN2CC(C)(C)O)c1. The number of aryl methyl sites for hydroxylation is 1. The van der Waals surface area contributed by atoms with Crippen LogP contribution < -0.4 is 0 Å². The average Bonchev–Trinajstić information content (AvgIpc) is 2.63. The molecule has 1 aliphatic rings. The summed E-state index contributed by atoms with van der Waals surface area (Å²) in [7, 11) is 0. The van der Waals surface area contributed by atoms with Gasteiger partial charge >= 0.3 is 0 Å². The maximum atomic E-state index is 9.96. The molecule has 0 amide bonds. The molecule has 0 spiro atoms. The first-order valence-electron chi connectivity index (χ1n) is 6.49. The molecule has 1 N–H and O–H groups in total. The highest BCUT2D eigenvalue weighted by molar-refractivity contribution is 5.25. The van der Waals surface area contributed by atoms with Crippen LogP contribution in [0.4, 0.5) is 0 Å². The van der Waals surface area contributed by atoms with E-state index in [1.807, 2.05) is 13.8 Å². The van der Waals surface area contributed by atoms with Crippen molar-refractivity contribution in [3.8, 4) is 0 Å². The van der Waals surface area contributed by atoms with Crippen LogP contribution in [-0.4, -0.2) is 28.7 Å². The van der Waals surface area contributed by atoms with E-state index in [0.717, 1.165) is 13.1 Å². The fraction of sp³-hybridized carbons (Fsp3) is 0.600. The number of hydrogen-bond acceptors (Lipinski definition) is 2. The number of likely N-dealkylation sites (tertiary alicyclic amines) is 1. The Morgan fingerprint density at radius 2 is 2.18 bits per heavy atom. The predicted octanol–water partition coefficient (Wildman–Crippen LogP) is 2.90. The zero-order valence-electron chi connectivity index (χ0n) is 11.1. The predicted molar refractivity (Wildman–Crippen MR) is 71.0 cm³/mol. The molecule has 1 aromatic carbocycles. The van der Waals surface area contributed by atoms with Crippen LogP contribution in [0, 0.1) is 6.92 Å². The van der Waals surface area contributed by atoms with Crippen LogP contribution in [0.25, 0.3) is 0 Å². The molecule has 2 heteroatoms. The van der Waals surface area contributed by atoms with Gasteiger partial charge < -0.3 is 5.11 Å². The normalized spacial score (nSPS) is 22.0. The molecule has 1 unspecified atom stereocenters. The summed E-state index contributed by atoms with van der Waals surface area (Å²) >= 11 is 0. The van der Waals surface area contributed by atoms with Crippen LogP contribution in [-0.2, 0) is 0 Å². The van der Waals surface area contributed by atoms with Gasteiger partial charge in [0.05, 0.1) is 5.60 Å². The van der Waals surface area contributed by atoms with E-state index < -0.39 is 5.60 Å². The summed E-state index contributed by atoms with van der Waals surface area (Å²) in [5, 5.41) is 9.96. The molecule has 1 atom stereocenters. The van der Waals surface area contributed by atoms with Gasteiger partial charge in [0, 0.05) is 12.6 Å². The van der Waals surface area contributed by atoms with Crippen molar-refractivity contribution < 1.29 is 5.11 Å². The minimum absolute atomic E-state index is 0.487. The molecule has 1 aromatic rings. The molecule has 0 saturated carbocycles. The van der Waals surface area contributed by atoms with Crippen LogP contribution in [0.1, 0.15) is 43.9 Å². The molecule has 1 fully saturated rings. The fourth-order valence-electron chi connectivity index (χ4n) is 2.77. The minimum atomic E-state index is -0.605. The Hall–Kier alpha value is -0.860. The molecule has 94 valence electrons. The van der Waals surface area contributed by atoms with Gasteiger partial charge in [-0.1, -0.05) is 29.8 Å². The zero-order chi connectivity index (χ0) is 12.5. The fourth-order valence-corrected chi connectivity index (χ4v) is 2.77. The molecule has 0 radical (unpaired) electrons. The van der Waals surface area contributed by atoms with Gasteiger partial charge in [-0.05, 0) is 45.7 Å². The lowest BCUT2D eigenvalue weighted by molar-refractivity contribution is 0.0317. The van der Waals surface area contributed by atoms with Crippen molar-refractivity contribution in [2.45, 2.75) is 45.3 Å². The van der Waals surface area contributed by atoms with E-state index >= 15 is 0 Å². The van der Waals surface area contributed by atoms with E-state index in [4.69, 9.17) is 0 Å². The highest BCUT2D eigenvalue weighted by Gasteiger charge is 2.29. The lowest BCUT2D eigenvalue weighted by atomic mass is 10.0. The van der Waals surface area contributed by atoms with E-state index in [9.17, 15) is 5.11 Å². The van der Waals surface area contributed by atoms with Gasteiger partial charge in [-0.3, -0.25) is 4.90 Å². The molecule has 0 aliphatic carbocycles. The second-order valence-electron chi connectivity index (χ2n) is 5.86. The van der Waals surface area contributed by atoms with E-state index in [1.54, 1.807) is 0 Å². The molecular weight excluding hydrogens is 210 g/mol. The summed E-state index contributed by atoms with van der Waals surface area (Å²) in [5.41, 5.74) is 2.11. The Morgan fingerprint density at radius 1 is 1.41 bits per heavy atom. The van der Waals surface area contributed by atoms with Crippen LogP contribution in [0.2, 0.25) is 0 Å². The molecule has 2 nitrogen and oxygen atoms in total. The van der Waals surface area contributed by atoms with E-state index in [1.165, 1.54) is 24.0 Å². The van der Waals surface area contributed by atoms with Crippen molar-refractivity contribution in [1.29, 1.82) is 0 Å². The summed E-state index contributed by atoms with van der Waals surface area (Å²) < 4.78 is 0. The Labute approximate surface area is 104 Å². The van der Waals surface area contributed by atoms with Crippen LogP contribution in [0.3, 0.4) is 0 Å². The Balaban J connectivity index is 2.14. The lowest BCUT2D eigenvalue weighted by Gasteiger charge is -2.30. The summed E-state index contributed by atoms with van der Waals surface area (Å²) in [6, 6.07) is 9.24. The van der Waals surface area contributed by atoms with Gasteiger partial charge in [0.25, 0.3) is 0 Å². The van der Waals surface area contributed by atoms with Gasteiger partial charge in [0.2, 0.25) is 0 Å². The summed E-state index contributed by atoms with van der Waals surface area (Å²) in [6.07, 6.45) is 2.44. The van der Waals surface area contributed by atoms with Gasteiger partial charge in [-0.25, -0.2) is 0 Å². The third-order valence-corrected chi connectivity index (χ3v) is 3.38. The van der Waals surface area contributed by atoms with Crippen molar-refractivity contribution in [2.24, 2.45) is 0 Å². The number of aliphatic hydroxyl groups is 1. The Bertz CT molecular complexity index is 381. The van der Waals surface area contributed by atoms with Crippen molar-refractivity contribution in [2.75, 3.05) is 13.1 Å². The van der Waals surface area contributed by atoms with Gasteiger partial charge in [-0.2, -0.15) is 0 Å². The lowest BCUT2D eigenvalue weighted by Crippen LogP contribution is -2.38. The largest absolute Gasteiger partial charge is 0.389 e. The summed E-state index contributed by atoms with van der Waals surface area (Å²) in [6.45, 7) is 7.77. The third kappa shape index (κ3) is 3.30. The smallest absolute Gasteiger partial charge is 0.0718 e. The van der Waals surface area contributed by atoms with Gasteiger partial charge in [-0.15, -0.1) is 0 Å². The number of nitrogens with zero attached hydrogens (tertiary/aromatic N) is 1. The maximum absolute atomic E-state index is 9.96. The number of β-amino-alcohol motifs (C(OH)–C–C–N with tert-alkyl or cyclic N) is 1. The van der Waals surface area contributed by atoms with Gasteiger partial charge in [0.1, 0.15) is 0 Å². The third-order valence-electron chi connectivity index (χ3n) is 3.38. The molecule has 2 rings (SSSR count). The van der Waals surface area contributed by atoms with Crippen LogP contribution in [0.15, 0.2) is 24.3 Å². The average molecular weight is 233 g/mol.